The molecule has 0 saturated heterocycles. The number of methoxy groups -OCH3 is 1. The lowest BCUT2D eigenvalue weighted by atomic mass is 10.2. The Labute approximate surface area is 140 Å². The molecule has 0 heterocycles. The zero-order valence-electron chi connectivity index (χ0n) is 13.3. The van der Waals surface area contributed by atoms with Crippen LogP contribution >= 0.6 is 11.8 Å². The molecule has 0 bridgehead atoms. The van der Waals surface area contributed by atoms with Crippen molar-refractivity contribution in [1.82, 2.24) is 5.43 Å². The van der Waals surface area contributed by atoms with Crippen LogP contribution < -0.4 is 10.2 Å². The van der Waals surface area contributed by atoms with Gasteiger partial charge in [0, 0.05) is 5.75 Å². The molecule has 0 atom stereocenters. The van der Waals surface area contributed by atoms with Gasteiger partial charge in [0.25, 0.3) is 0 Å². The van der Waals surface area contributed by atoms with Crippen molar-refractivity contribution < 1.29 is 9.53 Å². The number of amides is 1. The summed E-state index contributed by atoms with van der Waals surface area (Å²) in [6.07, 6.45) is 1.60. The van der Waals surface area contributed by atoms with Crippen molar-refractivity contribution in [1.29, 1.82) is 0 Å². The minimum absolute atomic E-state index is 0.110. The van der Waals surface area contributed by atoms with Crippen molar-refractivity contribution in [2.24, 2.45) is 5.10 Å². The fraction of sp³-hybridized carbons (Fsp3) is 0.222. The van der Waals surface area contributed by atoms with Crippen molar-refractivity contribution in [2.45, 2.75) is 12.7 Å². The van der Waals surface area contributed by atoms with Gasteiger partial charge in [0.1, 0.15) is 5.75 Å². The van der Waals surface area contributed by atoms with Crippen LogP contribution in [-0.4, -0.2) is 25.0 Å². The number of hydrazone groups is 1. The summed E-state index contributed by atoms with van der Waals surface area (Å²) in [6, 6.07) is 15.8. The molecule has 0 aromatic heterocycles. The standard InChI is InChI=1S/C18H20N2O2S/c1-14-6-8-15(9-7-14)12-23-13-18(21)20-19-11-16-4-3-5-17(10-16)22-2/h3-11H,12-13H2,1-2H3,(H,20,21)/b19-11+. The number of ether oxygens (including phenoxy) is 1. The number of aryl methyl sites for hydroxylation is 1. The SMILES string of the molecule is COc1cccc(/C=N/NC(=O)CSCc2ccc(C)cc2)c1. The highest BCUT2D eigenvalue weighted by atomic mass is 32.2. The van der Waals surface area contributed by atoms with E-state index in [4.69, 9.17) is 4.74 Å². The Morgan fingerprint density at radius 3 is 2.78 bits per heavy atom. The van der Waals surface area contributed by atoms with Crippen LogP contribution in [0.15, 0.2) is 53.6 Å². The summed E-state index contributed by atoms with van der Waals surface area (Å²) in [5.41, 5.74) is 5.86. The topological polar surface area (TPSA) is 50.7 Å². The van der Waals surface area contributed by atoms with E-state index in [1.807, 2.05) is 24.3 Å². The molecule has 0 saturated carbocycles. The van der Waals surface area contributed by atoms with Gasteiger partial charge in [-0.2, -0.15) is 5.10 Å². The van der Waals surface area contributed by atoms with Crippen molar-refractivity contribution >= 4 is 23.9 Å². The molecule has 120 valence electrons. The van der Waals surface area contributed by atoms with E-state index in [0.717, 1.165) is 17.1 Å². The third kappa shape index (κ3) is 6.16. The Morgan fingerprint density at radius 2 is 2.04 bits per heavy atom. The van der Waals surface area contributed by atoms with Gasteiger partial charge in [-0.15, -0.1) is 11.8 Å². The molecule has 5 heteroatoms. The van der Waals surface area contributed by atoms with E-state index < -0.39 is 0 Å². The summed E-state index contributed by atoms with van der Waals surface area (Å²) < 4.78 is 5.13. The van der Waals surface area contributed by atoms with Crippen LogP contribution in [0.4, 0.5) is 0 Å². The van der Waals surface area contributed by atoms with Gasteiger partial charge in [-0.25, -0.2) is 5.43 Å². The lowest BCUT2D eigenvalue weighted by Crippen LogP contribution is -2.19. The van der Waals surface area contributed by atoms with Gasteiger partial charge in [0.05, 0.1) is 19.1 Å². The van der Waals surface area contributed by atoms with E-state index in [9.17, 15) is 4.79 Å². The quantitative estimate of drug-likeness (QED) is 0.626. The van der Waals surface area contributed by atoms with Crippen molar-refractivity contribution in [2.75, 3.05) is 12.9 Å². The number of benzene rings is 2. The smallest absolute Gasteiger partial charge is 0.250 e. The van der Waals surface area contributed by atoms with Crippen LogP contribution in [0, 0.1) is 6.92 Å². The Morgan fingerprint density at radius 1 is 1.26 bits per heavy atom. The number of nitrogens with one attached hydrogen (secondary N) is 1. The summed E-state index contributed by atoms with van der Waals surface area (Å²) in [5.74, 6) is 1.84. The maximum atomic E-state index is 11.7. The molecule has 2 aromatic rings. The number of thioether (sulfide) groups is 1. The van der Waals surface area contributed by atoms with Gasteiger partial charge < -0.3 is 4.74 Å². The number of carbonyl (C=O) groups excluding carboxylic acids is 1. The predicted octanol–water partition coefficient (Wildman–Crippen LogP) is 3.39. The number of hydrogen-bond donors (Lipinski definition) is 1. The van der Waals surface area contributed by atoms with Crippen LogP contribution in [0.5, 0.6) is 5.75 Å². The Kier molecular flexibility index (Phi) is 6.69. The maximum Gasteiger partial charge on any atom is 0.250 e. The second-order valence-corrected chi connectivity index (χ2v) is 6.03. The van der Waals surface area contributed by atoms with Gasteiger partial charge in [-0.1, -0.05) is 42.0 Å². The van der Waals surface area contributed by atoms with E-state index in [1.54, 1.807) is 25.1 Å². The molecule has 1 amide bonds. The zero-order chi connectivity index (χ0) is 16.5. The van der Waals surface area contributed by atoms with Gasteiger partial charge in [-0.3, -0.25) is 4.79 Å². The number of rotatable bonds is 7. The molecule has 0 radical (unpaired) electrons. The highest BCUT2D eigenvalue weighted by molar-refractivity contribution is 7.99. The van der Waals surface area contributed by atoms with Gasteiger partial charge >= 0.3 is 0 Å². The fourth-order valence-corrected chi connectivity index (χ4v) is 2.66. The van der Waals surface area contributed by atoms with Crippen molar-refractivity contribution in [3.05, 3.63) is 65.2 Å². The monoisotopic (exact) mass is 328 g/mol. The first kappa shape index (κ1) is 17.1. The summed E-state index contributed by atoms with van der Waals surface area (Å²) in [5, 5.41) is 3.96. The van der Waals surface area contributed by atoms with E-state index in [1.165, 1.54) is 11.1 Å². The number of nitrogens with zero attached hydrogens (tertiary/aromatic N) is 1. The molecule has 0 spiro atoms. The first-order chi connectivity index (χ1) is 11.2. The zero-order valence-corrected chi connectivity index (χ0v) is 14.1. The molecule has 0 aliphatic heterocycles. The van der Waals surface area contributed by atoms with E-state index in [0.29, 0.717) is 5.75 Å². The minimum Gasteiger partial charge on any atom is -0.497 e. The van der Waals surface area contributed by atoms with Crippen LogP contribution in [0.3, 0.4) is 0 Å². The Hall–Kier alpha value is -2.27. The highest BCUT2D eigenvalue weighted by Gasteiger charge is 2.00. The first-order valence-electron chi connectivity index (χ1n) is 7.26. The summed E-state index contributed by atoms with van der Waals surface area (Å²) in [6.45, 7) is 2.06. The second-order valence-electron chi connectivity index (χ2n) is 5.05. The molecular weight excluding hydrogens is 308 g/mol. The molecule has 2 rings (SSSR count). The van der Waals surface area contributed by atoms with Crippen LogP contribution in [0.1, 0.15) is 16.7 Å². The predicted molar refractivity (Wildman–Crippen MR) is 96.1 cm³/mol. The average Bonchev–Trinajstić information content (AvgIpc) is 2.57. The fourth-order valence-electron chi connectivity index (χ4n) is 1.88. The largest absolute Gasteiger partial charge is 0.497 e. The van der Waals surface area contributed by atoms with Gasteiger partial charge in [0.15, 0.2) is 0 Å². The minimum atomic E-state index is -0.110. The summed E-state index contributed by atoms with van der Waals surface area (Å²) in [4.78, 5) is 11.7. The summed E-state index contributed by atoms with van der Waals surface area (Å²) >= 11 is 1.57. The van der Waals surface area contributed by atoms with Crippen molar-refractivity contribution in [3.63, 3.8) is 0 Å². The molecule has 1 N–H and O–H groups in total. The molecule has 0 unspecified atom stereocenters. The maximum absolute atomic E-state index is 11.7. The molecule has 2 aromatic carbocycles. The normalized spacial score (nSPS) is 10.7. The lowest BCUT2D eigenvalue weighted by Gasteiger charge is -2.02. The molecule has 23 heavy (non-hydrogen) atoms. The number of hydrogen-bond acceptors (Lipinski definition) is 4. The highest BCUT2D eigenvalue weighted by Crippen LogP contribution is 2.13. The third-order valence-electron chi connectivity index (χ3n) is 3.12. The van der Waals surface area contributed by atoms with Gasteiger partial charge in [0.2, 0.25) is 5.91 Å². The second kappa shape index (κ2) is 9.00. The molecule has 0 aliphatic carbocycles. The Balaban J connectivity index is 1.72. The lowest BCUT2D eigenvalue weighted by molar-refractivity contribution is -0.118. The van der Waals surface area contributed by atoms with E-state index in [2.05, 4.69) is 41.7 Å². The van der Waals surface area contributed by atoms with E-state index in [-0.39, 0.29) is 5.91 Å². The van der Waals surface area contributed by atoms with Crippen molar-refractivity contribution in [3.8, 4) is 5.75 Å². The number of carbonyl (C=O) groups is 1. The molecule has 0 fully saturated rings. The molecule has 4 nitrogen and oxygen atoms in total. The van der Waals surface area contributed by atoms with Crippen LogP contribution in [0.25, 0.3) is 0 Å². The Bertz CT molecular complexity index is 669. The van der Waals surface area contributed by atoms with E-state index >= 15 is 0 Å². The first-order valence-corrected chi connectivity index (χ1v) is 8.42. The van der Waals surface area contributed by atoms with Crippen LogP contribution in [0.2, 0.25) is 0 Å². The summed E-state index contributed by atoms with van der Waals surface area (Å²) in [7, 11) is 1.61. The third-order valence-corrected chi connectivity index (χ3v) is 4.12. The molecule has 0 aliphatic rings. The van der Waals surface area contributed by atoms with Gasteiger partial charge in [-0.05, 0) is 30.2 Å². The average molecular weight is 328 g/mol. The van der Waals surface area contributed by atoms with Crippen LogP contribution in [-0.2, 0) is 10.5 Å². The molecular formula is C18H20N2O2S.